The third-order valence-electron chi connectivity index (χ3n) is 3.95. The predicted molar refractivity (Wildman–Crippen MR) is 91.9 cm³/mol. The highest BCUT2D eigenvalue weighted by molar-refractivity contribution is 6.31. The summed E-state index contributed by atoms with van der Waals surface area (Å²) >= 11 is 6.18. The highest BCUT2D eigenvalue weighted by Crippen LogP contribution is 2.31. The lowest BCUT2D eigenvalue weighted by molar-refractivity contribution is 0.125. The van der Waals surface area contributed by atoms with E-state index in [1.54, 1.807) is 0 Å². The minimum Gasteiger partial charge on any atom is -0.395 e. The summed E-state index contributed by atoms with van der Waals surface area (Å²) in [5.74, 6) is 0.808. The predicted octanol–water partition coefficient (Wildman–Crippen LogP) is 3.38. The first-order chi connectivity index (χ1) is 11.1. The zero-order valence-electron chi connectivity index (χ0n) is 13.6. The van der Waals surface area contributed by atoms with E-state index in [0.717, 1.165) is 39.0 Å². The van der Waals surface area contributed by atoms with Gasteiger partial charge < -0.3 is 14.4 Å². The van der Waals surface area contributed by atoms with E-state index < -0.39 is 0 Å². The Bertz CT molecular complexity index is 874. The molecular formula is C17H20ClN3O2. The number of hydrogen-bond donors (Lipinski definition) is 1. The second-order valence-electron chi connectivity index (χ2n) is 5.55. The van der Waals surface area contributed by atoms with Crippen LogP contribution in [0.2, 0.25) is 5.02 Å². The van der Waals surface area contributed by atoms with Crippen molar-refractivity contribution >= 4 is 33.5 Å². The number of aromatic nitrogens is 3. The van der Waals surface area contributed by atoms with Crippen molar-refractivity contribution < 1.29 is 9.84 Å². The second-order valence-corrected chi connectivity index (χ2v) is 5.99. The molecule has 0 fully saturated rings. The maximum atomic E-state index is 9.48. The van der Waals surface area contributed by atoms with Crippen LogP contribution in [-0.2, 0) is 17.9 Å². The molecule has 0 aliphatic heterocycles. The van der Waals surface area contributed by atoms with Gasteiger partial charge in [0, 0.05) is 23.6 Å². The first-order valence-corrected chi connectivity index (χ1v) is 8.08. The van der Waals surface area contributed by atoms with Crippen molar-refractivity contribution in [3.8, 4) is 0 Å². The molecule has 23 heavy (non-hydrogen) atoms. The Morgan fingerprint density at radius 1 is 1.26 bits per heavy atom. The van der Waals surface area contributed by atoms with Crippen LogP contribution in [0.1, 0.15) is 24.0 Å². The van der Waals surface area contributed by atoms with Crippen molar-refractivity contribution in [2.24, 2.45) is 0 Å². The number of hydrogen-bond acceptors (Lipinski definition) is 4. The molecule has 0 bridgehead atoms. The summed E-state index contributed by atoms with van der Waals surface area (Å²) in [6, 6.07) is 3.80. The van der Waals surface area contributed by atoms with Crippen molar-refractivity contribution in [1.29, 1.82) is 0 Å². The Morgan fingerprint density at radius 3 is 2.74 bits per heavy atom. The summed E-state index contributed by atoms with van der Waals surface area (Å²) in [5.41, 5.74) is 4.59. The van der Waals surface area contributed by atoms with Crippen molar-refractivity contribution in [3.05, 3.63) is 34.2 Å². The van der Waals surface area contributed by atoms with E-state index >= 15 is 0 Å². The molecule has 0 aliphatic carbocycles. The minimum absolute atomic E-state index is 0.0418. The zero-order valence-corrected chi connectivity index (χ0v) is 14.3. The third kappa shape index (κ3) is 2.80. The Hall–Kier alpha value is -1.69. The van der Waals surface area contributed by atoms with Crippen LogP contribution >= 0.6 is 11.6 Å². The second kappa shape index (κ2) is 6.43. The summed E-state index contributed by atoms with van der Waals surface area (Å²) in [4.78, 5) is 9.37. The summed E-state index contributed by atoms with van der Waals surface area (Å²) in [6.07, 6.45) is 0. The molecule has 0 aliphatic rings. The third-order valence-corrected chi connectivity index (χ3v) is 4.17. The van der Waals surface area contributed by atoms with E-state index in [4.69, 9.17) is 21.3 Å². The zero-order chi connectivity index (χ0) is 16.6. The first-order valence-electron chi connectivity index (χ1n) is 7.71. The highest BCUT2D eigenvalue weighted by Gasteiger charge is 2.18. The molecule has 5 nitrogen and oxygen atoms in total. The molecule has 2 aromatic heterocycles. The van der Waals surface area contributed by atoms with Gasteiger partial charge in [-0.15, -0.1) is 0 Å². The van der Waals surface area contributed by atoms with Gasteiger partial charge in [0.25, 0.3) is 0 Å². The van der Waals surface area contributed by atoms with Gasteiger partial charge in [0.1, 0.15) is 17.9 Å². The monoisotopic (exact) mass is 333 g/mol. The molecule has 1 aromatic carbocycles. The first kappa shape index (κ1) is 16.2. The van der Waals surface area contributed by atoms with Crippen molar-refractivity contribution in [2.45, 2.75) is 33.9 Å². The van der Waals surface area contributed by atoms with Gasteiger partial charge in [-0.05, 0) is 38.5 Å². The smallest absolute Gasteiger partial charge is 0.136 e. The lowest BCUT2D eigenvalue weighted by Gasteiger charge is -2.11. The van der Waals surface area contributed by atoms with Crippen LogP contribution in [0.15, 0.2) is 12.1 Å². The van der Waals surface area contributed by atoms with Crippen LogP contribution in [0.25, 0.3) is 21.9 Å². The number of imidazole rings is 1. The summed E-state index contributed by atoms with van der Waals surface area (Å²) in [7, 11) is 0. The molecule has 0 saturated heterocycles. The summed E-state index contributed by atoms with van der Waals surface area (Å²) < 4.78 is 7.56. The number of pyridine rings is 1. The van der Waals surface area contributed by atoms with E-state index in [9.17, 15) is 5.11 Å². The highest BCUT2D eigenvalue weighted by atomic mass is 35.5. The molecule has 2 heterocycles. The Kier molecular flexibility index (Phi) is 4.53. The van der Waals surface area contributed by atoms with Gasteiger partial charge >= 0.3 is 0 Å². The Morgan fingerprint density at radius 2 is 2.04 bits per heavy atom. The van der Waals surface area contributed by atoms with Gasteiger partial charge in [0.05, 0.1) is 23.3 Å². The molecule has 6 heteroatoms. The molecule has 0 radical (unpaired) electrons. The molecule has 0 unspecified atom stereocenters. The van der Waals surface area contributed by atoms with E-state index in [0.29, 0.717) is 24.8 Å². The van der Waals surface area contributed by atoms with Gasteiger partial charge in [-0.2, -0.15) is 0 Å². The Labute approximate surface area is 139 Å². The topological polar surface area (TPSA) is 60.2 Å². The number of halogens is 1. The minimum atomic E-state index is 0.0418. The van der Waals surface area contributed by atoms with Gasteiger partial charge in [-0.3, -0.25) is 4.98 Å². The summed E-state index contributed by atoms with van der Waals surface area (Å²) in [6.45, 7) is 7.46. The lowest BCUT2D eigenvalue weighted by atomic mass is 10.1. The van der Waals surface area contributed by atoms with Crippen molar-refractivity contribution in [3.63, 3.8) is 0 Å². The molecule has 0 amide bonds. The fourth-order valence-corrected chi connectivity index (χ4v) is 3.27. The normalized spacial score (nSPS) is 11.7. The van der Waals surface area contributed by atoms with Crippen LogP contribution in [0.4, 0.5) is 0 Å². The molecule has 1 N–H and O–H groups in total. The number of rotatable bonds is 5. The largest absolute Gasteiger partial charge is 0.395 e. The molecule has 3 aromatic rings. The van der Waals surface area contributed by atoms with Crippen LogP contribution in [0, 0.1) is 13.8 Å². The number of aryl methyl sites for hydroxylation is 2. The number of fused-ring (bicyclic) bond motifs is 3. The number of benzene rings is 1. The van der Waals surface area contributed by atoms with Crippen LogP contribution < -0.4 is 0 Å². The van der Waals surface area contributed by atoms with E-state index in [-0.39, 0.29) is 6.61 Å². The average molecular weight is 334 g/mol. The Balaban J connectivity index is 2.40. The van der Waals surface area contributed by atoms with Crippen LogP contribution in [0.5, 0.6) is 0 Å². The van der Waals surface area contributed by atoms with E-state index in [2.05, 4.69) is 4.98 Å². The van der Waals surface area contributed by atoms with Crippen molar-refractivity contribution in [2.75, 3.05) is 13.2 Å². The maximum absolute atomic E-state index is 9.48. The SMILES string of the molecule is CCOCc1nc2c(C)nc3cc(Cl)cc(C)c3c2n1CCO. The van der Waals surface area contributed by atoms with E-state index in [1.165, 1.54) is 0 Å². The summed E-state index contributed by atoms with van der Waals surface area (Å²) in [5, 5.41) is 11.2. The van der Waals surface area contributed by atoms with Crippen LogP contribution in [-0.4, -0.2) is 32.9 Å². The molecule has 0 spiro atoms. The number of ether oxygens (including phenoxy) is 1. The quantitative estimate of drug-likeness (QED) is 0.777. The number of nitrogens with zero attached hydrogens (tertiary/aromatic N) is 3. The van der Waals surface area contributed by atoms with Crippen LogP contribution in [0.3, 0.4) is 0 Å². The van der Waals surface area contributed by atoms with Gasteiger partial charge in [0.15, 0.2) is 0 Å². The number of aliphatic hydroxyl groups excluding tert-OH is 1. The standard InChI is InChI=1S/C17H20ClN3O2/c1-4-23-9-14-20-16-11(3)19-13-8-12(18)7-10(2)15(13)17(16)21(14)5-6-22/h7-8,22H,4-6,9H2,1-3H3. The van der Waals surface area contributed by atoms with E-state index in [1.807, 2.05) is 37.5 Å². The van der Waals surface area contributed by atoms with Gasteiger partial charge in [0.2, 0.25) is 0 Å². The number of aliphatic hydroxyl groups is 1. The molecule has 122 valence electrons. The van der Waals surface area contributed by atoms with Gasteiger partial charge in [-0.25, -0.2) is 4.98 Å². The van der Waals surface area contributed by atoms with Gasteiger partial charge in [-0.1, -0.05) is 11.6 Å². The molecule has 3 rings (SSSR count). The fourth-order valence-electron chi connectivity index (χ4n) is 3.00. The van der Waals surface area contributed by atoms with Crippen molar-refractivity contribution in [1.82, 2.24) is 14.5 Å². The maximum Gasteiger partial charge on any atom is 0.136 e. The average Bonchev–Trinajstić information content (AvgIpc) is 2.84. The molecule has 0 atom stereocenters. The molecule has 0 saturated carbocycles. The fraction of sp³-hybridized carbons (Fsp3) is 0.412. The molecular weight excluding hydrogens is 314 g/mol. The lowest BCUT2D eigenvalue weighted by Crippen LogP contribution is -2.09.